The Labute approximate surface area is 122 Å². The fourth-order valence-electron chi connectivity index (χ4n) is 3.86. The molecule has 1 saturated carbocycles. The van der Waals surface area contributed by atoms with Gasteiger partial charge in [0.1, 0.15) is 5.75 Å². The molecule has 2 heteroatoms. The van der Waals surface area contributed by atoms with Gasteiger partial charge in [-0.1, -0.05) is 32.4 Å². The minimum Gasteiger partial charge on any atom is -0.508 e. The van der Waals surface area contributed by atoms with E-state index in [4.69, 9.17) is 0 Å². The molecular formula is C18H27NO. The molecule has 1 aromatic carbocycles. The van der Waals surface area contributed by atoms with Crippen LogP contribution >= 0.6 is 0 Å². The van der Waals surface area contributed by atoms with Crippen molar-refractivity contribution < 1.29 is 5.11 Å². The van der Waals surface area contributed by atoms with Gasteiger partial charge in [0.15, 0.2) is 0 Å². The summed E-state index contributed by atoms with van der Waals surface area (Å²) in [5.74, 6) is 2.03. The van der Waals surface area contributed by atoms with Crippen LogP contribution in [0.5, 0.6) is 5.75 Å². The second kappa shape index (κ2) is 5.40. The van der Waals surface area contributed by atoms with Crippen molar-refractivity contribution in [3.63, 3.8) is 0 Å². The van der Waals surface area contributed by atoms with Crippen molar-refractivity contribution in [1.29, 1.82) is 0 Å². The summed E-state index contributed by atoms with van der Waals surface area (Å²) in [6, 6.07) is 7.99. The molecule has 1 N–H and O–H groups in total. The van der Waals surface area contributed by atoms with E-state index in [1.807, 2.05) is 12.1 Å². The largest absolute Gasteiger partial charge is 0.508 e. The van der Waals surface area contributed by atoms with Gasteiger partial charge >= 0.3 is 0 Å². The van der Waals surface area contributed by atoms with E-state index in [9.17, 15) is 5.11 Å². The van der Waals surface area contributed by atoms with Crippen LogP contribution in [0.3, 0.4) is 0 Å². The fraction of sp³-hybridized carbons (Fsp3) is 0.667. The Bertz CT molecular complexity index is 468. The molecule has 0 spiro atoms. The first kappa shape index (κ1) is 13.9. The lowest BCUT2D eigenvalue weighted by Gasteiger charge is -2.36. The van der Waals surface area contributed by atoms with E-state index in [2.05, 4.69) is 24.8 Å². The van der Waals surface area contributed by atoms with E-state index in [1.165, 1.54) is 50.9 Å². The molecule has 0 bridgehead atoms. The maximum atomic E-state index is 9.85. The van der Waals surface area contributed by atoms with Crippen LogP contribution in [0.2, 0.25) is 0 Å². The summed E-state index contributed by atoms with van der Waals surface area (Å²) in [5, 5.41) is 9.85. The lowest BCUT2D eigenvalue weighted by molar-refractivity contribution is 0.247. The number of likely N-dealkylation sites (tertiary alicyclic amines) is 1. The van der Waals surface area contributed by atoms with E-state index < -0.39 is 0 Å². The second-order valence-corrected chi connectivity index (χ2v) is 6.94. The van der Waals surface area contributed by atoms with Crippen LogP contribution in [0.1, 0.15) is 45.1 Å². The Kier molecular flexibility index (Phi) is 3.76. The minimum atomic E-state index is 0.238. The molecule has 1 saturated heterocycles. The SMILES string of the molecule is CC[C@@H](C)[C@@]1(c2cccc(O)c2)CCN(CC2CC2)C1. The zero-order valence-electron chi connectivity index (χ0n) is 12.8. The number of hydrogen-bond acceptors (Lipinski definition) is 2. The van der Waals surface area contributed by atoms with Gasteiger partial charge in [-0.15, -0.1) is 0 Å². The van der Waals surface area contributed by atoms with Crippen LogP contribution in [0.15, 0.2) is 24.3 Å². The van der Waals surface area contributed by atoms with Gasteiger partial charge in [0.05, 0.1) is 0 Å². The van der Waals surface area contributed by atoms with E-state index >= 15 is 0 Å². The lowest BCUT2D eigenvalue weighted by atomic mass is 9.69. The molecule has 2 fully saturated rings. The number of phenolic OH excluding ortho intramolecular Hbond substituents is 1. The molecule has 2 nitrogen and oxygen atoms in total. The molecule has 1 aliphatic heterocycles. The summed E-state index contributed by atoms with van der Waals surface area (Å²) in [6.07, 6.45) is 5.29. The van der Waals surface area contributed by atoms with Crippen LogP contribution in [0.25, 0.3) is 0 Å². The van der Waals surface area contributed by atoms with E-state index in [0.717, 1.165) is 5.92 Å². The molecule has 1 aliphatic carbocycles. The summed E-state index contributed by atoms with van der Waals surface area (Å²) in [4.78, 5) is 2.66. The van der Waals surface area contributed by atoms with E-state index in [0.29, 0.717) is 11.7 Å². The Balaban J connectivity index is 1.85. The monoisotopic (exact) mass is 273 g/mol. The molecule has 0 aromatic heterocycles. The first-order valence-corrected chi connectivity index (χ1v) is 8.16. The van der Waals surface area contributed by atoms with Crippen molar-refractivity contribution in [3.05, 3.63) is 29.8 Å². The van der Waals surface area contributed by atoms with Gasteiger partial charge < -0.3 is 10.0 Å². The highest BCUT2D eigenvalue weighted by Gasteiger charge is 2.44. The van der Waals surface area contributed by atoms with Crippen molar-refractivity contribution in [2.75, 3.05) is 19.6 Å². The average Bonchev–Trinajstić information content (AvgIpc) is 3.15. The van der Waals surface area contributed by atoms with E-state index in [-0.39, 0.29) is 5.41 Å². The molecule has 0 amide bonds. The molecule has 3 rings (SSSR count). The molecular weight excluding hydrogens is 246 g/mol. The molecule has 2 atom stereocenters. The second-order valence-electron chi connectivity index (χ2n) is 6.94. The number of phenols is 1. The fourth-order valence-corrected chi connectivity index (χ4v) is 3.86. The quantitative estimate of drug-likeness (QED) is 0.882. The number of aromatic hydroxyl groups is 1. The topological polar surface area (TPSA) is 23.5 Å². The Morgan fingerprint density at radius 2 is 2.20 bits per heavy atom. The third-order valence-electron chi connectivity index (χ3n) is 5.57. The molecule has 2 aliphatic rings. The molecule has 0 radical (unpaired) electrons. The standard InChI is InChI=1S/C18H27NO/c1-3-14(2)18(16-5-4-6-17(20)11-16)9-10-19(13-18)12-15-7-8-15/h4-6,11,14-15,20H,3,7-10,12-13H2,1-2H3/t14-,18-/m1/s1. The lowest BCUT2D eigenvalue weighted by Crippen LogP contribution is -2.37. The van der Waals surface area contributed by atoms with Crippen LogP contribution in [0, 0.1) is 11.8 Å². The first-order chi connectivity index (χ1) is 9.64. The maximum absolute atomic E-state index is 9.85. The van der Waals surface area contributed by atoms with Gasteiger partial charge in [-0.2, -0.15) is 0 Å². The highest BCUT2D eigenvalue weighted by molar-refractivity contribution is 5.35. The first-order valence-electron chi connectivity index (χ1n) is 8.16. The van der Waals surface area contributed by atoms with Crippen molar-refractivity contribution in [3.8, 4) is 5.75 Å². The summed E-state index contributed by atoms with van der Waals surface area (Å²) < 4.78 is 0. The van der Waals surface area contributed by atoms with E-state index in [1.54, 1.807) is 6.07 Å². The third-order valence-corrected chi connectivity index (χ3v) is 5.57. The Morgan fingerprint density at radius 3 is 2.85 bits per heavy atom. The summed E-state index contributed by atoms with van der Waals surface area (Å²) in [7, 11) is 0. The molecule has 1 aromatic rings. The van der Waals surface area contributed by atoms with Gasteiger partial charge in [0, 0.05) is 18.5 Å². The normalized spacial score (nSPS) is 28.7. The summed E-state index contributed by atoms with van der Waals surface area (Å²) in [5.41, 5.74) is 1.58. The summed E-state index contributed by atoms with van der Waals surface area (Å²) in [6.45, 7) is 8.35. The van der Waals surface area contributed by atoms with Crippen LogP contribution in [-0.4, -0.2) is 29.6 Å². The zero-order chi connectivity index (χ0) is 14.2. The number of rotatable bonds is 5. The Hall–Kier alpha value is -1.02. The van der Waals surface area contributed by atoms with Crippen LogP contribution in [0.4, 0.5) is 0 Å². The smallest absolute Gasteiger partial charge is 0.115 e. The van der Waals surface area contributed by atoms with Crippen molar-refractivity contribution >= 4 is 0 Å². The molecule has 0 unspecified atom stereocenters. The van der Waals surface area contributed by atoms with Gasteiger partial charge in [-0.25, -0.2) is 0 Å². The highest BCUT2D eigenvalue weighted by Crippen LogP contribution is 2.44. The number of hydrogen-bond donors (Lipinski definition) is 1. The van der Waals surface area contributed by atoms with Crippen LogP contribution in [-0.2, 0) is 5.41 Å². The summed E-state index contributed by atoms with van der Waals surface area (Å²) >= 11 is 0. The maximum Gasteiger partial charge on any atom is 0.115 e. The number of nitrogens with zero attached hydrogens (tertiary/aromatic N) is 1. The predicted octanol–water partition coefficient (Wildman–Crippen LogP) is 3.79. The van der Waals surface area contributed by atoms with Crippen molar-refractivity contribution in [2.24, 2.45) is 11.8 Å². The average molecular weight is 273 g/mol. The van der Waals surface area contributed by atoms with Gasteiger partial charge in [-0.3, -0.25) is 0 Å². The van der Waals surface area contributed by atoms with Gasteiger partial charge in [0.25, 0.3) is 0 Å². The minimum absolute atomic E-state index is 0.238. The van der Waals surface area contributed by atoms with Gasteiger partial charge in [0.2, 0.25) is 0 Å². The predicted molar refractivity (Wildman–Crippen MR) is 83.0 cm³/mol. The highest BCUT2D eigenvalue weighted by atomic mass is 16.3. The molecule has 110 valence electrons. The molecule has 20 heavy (non-hydrogen) atoms. The molecule has 1 heterocycles. The van der Waals surface area contributed by atoms with Crippen molar-refractivity contribution in [2.45, 2.75) is 44.9 Å². The third kappa shape index (κ3) is 2.58. The van der Waals surface area contributed by atoms with Crippen molar-refractivity contribution in [1.82, 2.24) is 4.90 Å². The van der Waals surface area contributed by atoms with Gasteiger partial charge in [-0.05, 0) is 55.3 Å². The zero-order valence-corrected chi connectivity index (χ0v) is 12.8. The Morgan fingerprint density at radius 1 is 1.40 bits per heavy atom. The number of benzene rings is 1. The van der Waals surface area contributed by atoms with Crippen LogP contribution < -0.4 is 0 Å².